The van der Waals surface area contributed by atoms with E-state index in [1.807, 2.05) is 0 Å². The van der Waals surface area contributed by atoms with Crippen LogP contribution in [0.1, 0.15) is 31.2 Å². The van der Waals surface area contributed by atoms with Crippen molar-refractivity contribution in [2.45, 2.75) is 25.7 Å². The molecular weight excluding hydrogens is 377 g/mol. The predicted octanol–water partition coefficient (Wildman–Crippen LogP) is 4.68. The van der Waals surface area contributed by atoms with Crippen LogP contribution < -0.4 is 4.74 Å². The van der Waals surface area contributed by atoms with E-state index in [1.165, 1.54) is 36.4 Å². The molecule has 2 heterocycles. The zero-order chi connectivity index (χ0) is 20.4. The second-order valence-corrected chi connectivity index (χ2v) is 6.87. The highest BCUT2D eigenvalue weighted by Gasteiger charge is 2.30. The molecule has 148 valence electrons. The molecule has 2 aliphatic heterocycles. The number of nitro benzene ring substituents is 1. The van der Waals surface area contributed by atoms with Gasteiger partial charge in [-0.15, -0.1) is 0 Å². The summed E-state index contributed by atoms with van der Waals surface area (Å²) in [6.07, 6.45) is 5.32. The van der Waals surface area contributed by atoms with Gasteiger partial charge in [-0.05, 0) is 54.8 Å². The topological polar surface area (TPSA) is 85.0 Å². The van der Waals surface area contributed by atoms with E-state index >= 15 is 0 Å². The normalized spacial score (nSPS) is 17.7. The summed E-state index contributed by atoms with van der Waals surface area (Å²) in [5.74, 6) is 0.483. The SMILES string of the molecule is O=C1/C(=C/c2ccc(Oc3ccc(F)cc3)c([N+](=O)[O-])c2)N=C2CCCCCN12. The molecule has 0 radical (unpaired) electrons. The van der Waals surface area contributed by atoms with Crippen molar-refractivity contribution in [1.82, 2.24) is 4.90 Å². The third-order valence-corrected chi connectivity index (χ3v) is 4.83. The molecule has 2 aliphatic rings. The molecule has 0 atom stereocenters. The average molecular weight is 395 g/mol. The largest absolute Gasteiger partial charge is 0.450 e. The number of amides is 1. The zero-order valence-electron chi connectivity index (χ0n) is 15.5. The molecule has 1 saturated heterocycles. The average Bonchev–Trinajstić information content (AvgIpc) is 2.86. The lowest BCUT2D eigenvalue weighted by atomic mass is 10.1. The van der Waals surface area contributed by atoms with Gasteiger partial charge in [0.15, 0.2) is 0 Å². The highest BCUT2D eigenvalue weighted by Crippen LogP contribution is 2.33. The molecule has 2 aromatic carbocycles. The molecule has 0 saturated carbocycles. The fraction of sp³-hybridized carbons (Fsp3) is 0.238. The highest BCUT2D eigenvalue weighted by molar-refractivity contribution is 6.14. The first kappa shape index (κ1) is 18.8. The Morgan fingerprint density at radius 1 is 1.14 bits per heavy atom. The van der Waals surface area contributed by atoms with Crippen LogP contribution in [0.5, 0.6) is 11.5 Å². The summed E-state index contributed by atoms with van der Waals surface area (Å²) in [4.78, 5) is 29.7. The number of nitro groups is 1. The van der Waals surface area contributed by atoms with Crippen molar-refractivity contribution >= 4 is 23.5 Å². The van der Waals surface area contributed by atoms with Crippen LogP contribution in [0.25, 0.3) is 6.08 Å². The number of carbonyl (C=O) groups excluding carboxylic acids is 1. The summed E-state index contributed by atoms with van der Waals surface area (Å²) in [7, 11) is 0. The van der Waals surface area contributed by atoms with Crippen LogP contribution in [-0.4, -0.2) is 28.1 Å². The minimum absolute atomic E-state index is 0.0294. The number of hydrogen-bond donors (Lipinski definition) is 0. The molecule has 1 amide bonds. The zero-order valence-corrected chi connectivity index (χ0v) is 15.5. The lowest BCUT2D eigenvalue weighted by molar-refractivity contribution is -0.385. The molecule has 7 nitrogen and oxygen atoms in total. The van der Waals surface area contributed by atoms with Gasteiger partial charge >= 0.3 is 5.69 Å². The Hall–Kier alpha value is -3.55. The highest BCUT2D eigenvalue weighted by atomic mass is 19.1. The summed E-state index contributed by atoms with van der Waals surface area (Å²) in [6, 6.07) is 9.61. The third-order valence-electron chi connectivity index (χ3n) is 4.83. The van der Waals surface area contributed by atoms with E-state index in [4.69, 9.17) is 4.74 Å². The second-order valence-electron chi connectivity index (χ2n) is 6.87. The first-order chi connectivity index (χ1) is 14.0. The van der Waals surface area contributed by atoms with Gasteiger partial charge in [0.25, 0.3) is 5.91 Å². The summed E-state index contributed by atoms with van der Waals surface area (Å²) in [6.45, 7) is 0.652. The first-order valence-electron chi connectivity index (χ1n) is 9.34. The van der Waals surface area contributed by atoms with Gasteiger partial charge < -0.3 is 4.74 Å². The number of carbonyl (C=O) groups is 1. The third kappa shape index (κ3) is 4.01. The van der Waals surface area contributed by atoms with E-state index in [2.05, 4.69) is 4.99 Å². The van der Waals surface area contributed by atoms with E-state index in [0.717, 1.165) is 31.5 Å². The Kier molecular flexibility index (Phi) is 5.07. The maximum Gasteiger partial charge on any atom is 0.312 e. The van der Waals surface area contributed by atoms with Gasteiger partial charge in [-0.3, -0.25) is 19.8 Å². The summed E-state index contributed by atoms with van der Waals surface area (Å²) < 4.78 is 18.6. The van der Waals surface area contributed by atoms with Crippen molar-refractivity contribution in [2.75, 3.05) is 6.54 Å². The monoisotopic (exact) mass is 395 g/mol. The van der Waals surface area contributed by atoms with Crippen molar-refractivity contribution in [1.29, 1.82) is 0 Å². The number of hydrogen-bond acceptors (Lipinski definition) is 5. The molecule has 4 rings (SSSR count). The maximum atomic E-state index is 13.0. The van der Waals surface area contributed by atoms with Crippen molar-refractivity contribution in [2.24, 2.45) is 4.99 Å². The fourth-order valence-electron chi connectivity index (χ4n) is 3.39. The predicted molar refractivity (Wildman–Crippen MR) is 105 cm³/mol. The van der Waals surface area contributed by atoms with E-state index in [1.54, 1.807) is 17.0 Å². The molecule has 0 spiro atoms. The smallest absolute Gasteiger partial charge is 0.312 e. The second kappa shape index (κ2) is 7.83. The van der Waals surface area contributed by atoms with E-state index in [-0.39, 0.29) is 28.8 Å². The number of amidine groups is 1. The van der Waals surface area contributed by atoms with Gasteiger partial charge in [-0.2, -0.15) is 0 Å². The number of halogens is 1. The molecule has 0 N–H and O–H groups in total. The van der Waals surface area contributed by atoms with Gasteiger partial charge in [0, 0.05) is 19.0 Å². The summed E-state index contributed by atoms with van der Waals surface area (Å²) in [5, 5.41) is 11.5. The number of aliphatic imine (C=N–C) groups is 1. The number of ether oxygens (including phenoxy) is 1. The Labute approximate surface area is 166 Å². The molecule has 0 bridgehead atoms. The fourth-order valence-corrected chi connectivity index (χ4v) is 3.39. The maximum absolute atomic E-state index is 13.0. The summed E-state index contributed by atoms with van der Waals surface area (Å²) in [5.41, 5.74) is 0.508. The van der Waals surface area contributed by atoms with Crippen LogP contribution in [0.4, 0.5) is 10.1 Å². The van der Waals surface area contributed by atoms with Crippen LogP contribution in [0.3, 0.4) is 0 Å². The van der Waals surface area contributed by atoms with Gasteiger partial charge in [0.2, 0.25) is 5.75 Å². The van der Waals surface area contributed by atoms with Crippen LogP contribution in [0.2, 0.25) is 0 Å². The van der Waals surface area contributed by atoms with Crippen molar-refractivity contribution in [3.63, 3.8) is 0 Å². The molecule has 8 heteroatoms. The van der Waals surface area contributed by atoms with Crippen molar-refractivity contribution in [3.05, 3.63) is 69.7 Å². The van der Waals surface area contributed by atoms with Gasteiger partial charge in [-0.25, -0.2) is 9.38 Å². The van der Waals surface area contributed by atoms with E-state index in [0.29, 0.717) is 12.1 Å². The molecule has 1 fully saturated rings. The van der Waals surface area contributed by atoms with Gasteiger partial charge in [0.05, 0.1) is 4.92 Å². The molecule has 29 heavy (non-hydrogen) atoms. The number of nitrogens with zero attached hydrogens (tertiary/aromatic N) is 3. The van der Waals surface area contributed by atoms with Crippen LogP contribution in [0, 0.1) is 15.9 Å². The quantitative estimate of drug-likeness (QED) is 0.427. The summed E-state index contributed by atoms with van der Waals surface area (Å²) >= 11 is 0. The van der Waals surface area contributed by atoms with Crippen molar-refractivity contribution in [3.8, 4) is 11.5 Å². The Morgan fingerprint density at radius 2 is 1.93 bits per heavy atom. The first-order valence-corrected chi connectivity index (χ1v) is 9.34. The molecule has 2 aromatic rings. The molecule has 0 unspecified atom stereocenters. The van der Waals surface area contributed by atoms with E-state index in [9.17, 15) is 19.3 Å². The van der Waals surface area contributed by atoms with Crippen LogP contribution >= 0.6 is 0 Å². The van der Waals surface area contributed by atoms with Crippen LogP contribution in [-0.2, 0) is 4.79 Å². The lowest BCUT2D eigenvalue weighted by Gasteiger charge is -2.14. The Bertz CT molecular complexity index is 1030. The number of benzene rings is 2. The number of rotatable bonds is 4. The van der Waals surface area contributed by atoms with Crippen molar-refractivity contribution < 1.29 is 18.8 Å². The standard InChI is InChI=1S/C21H18FN3O4/c22-15-6-8-16(9-7-15)29-19-10-5-14(13-18(19)25(27)28)12-17-21(26)24-11-3-1-2-4-20(24)23-17/h5-10,12-13H,1-4,11H2/b17-12-. The molecule has 0 aromatic heterocycles. The van der Waals surface area contributed by atoms with E-state index < -0.39 is 10.7 Å². The molecule has 0 aliphatic carbocycles. The van der Waals surface area contributed by atoms with Gasteiger partial charge in [0.1, 0.15) is 23.1 Å². The molecular formula is C21H18FN3O4. The number of fused-ring (bicyclic) bond motifs is 1. The minimum atomic E-state index is -0.559. The Balaban J connectivity index is 1.63. The van der Waals surface area contributed by atoms with Gasteiger partial charge in [-0.1, -0.05) is 12.5 Å². The van der Waals surface area contributed by atoms with Crippen LogP contribution in [0.15, 0.2) is 53.2 Å². The lowest BCUT2D eigenvalue weighted by Crippen LogP contribution is -2.31. The Morgan fingerprint density at radius 3 is 2.69 bits per heavy atom. The minimum Gasteiger partial charge on any atom is -0.450 e.